The lowest BCUT2D eigenvalue weighted by Crippen LogP contribution is -2.40. The number of carbonyl (C=O) groups excluding carboxylic acids is 1. The third kappa shape index (κ3) is 5.94. The molecule has 0 aliphatic heterocycles. The van der Waals surface area contributed by atoms with E-state index in [9.17, 15) is 4.79 Å². The number of amides is 1. The van der Waals surface area contributed by atoms with E-state index < -0.39 is 0 Å². The van der Waals surface area contributed by atoms with Crippen LogP contribution in [0.15, 0.2) is 0 Å². The van der Waals surface area contributed by atoms with Crippen molar-refractivity contribution in [3.05, 3.63) is 0 Å². The summed E-state index contributed by atoms with van der Waals surface area (Å²) in [5.74, 6) is 0.0147. The summed E-state index contributed by atoms with van der Waals surface area (Å²) in [6.45, 7) is 7.35. The van der Waals surface area contributed by atoms with Gasteiger partial charge in [0.1, 0.15) is 0 Å². The number of hydrogen-bond donors (Lipinski definition) is 3. The van der Waals surface area contributed by atoms with Gasteiger partial charge in [-0.3, -0.25) is 4.79 Å². The predicted octanol–water partition coefficient (Wildman–Crippen LogP) is 0.215. The van der Waals surface area contributed by atoms with Crippen LogP contribution in [0.4, 0.5) is 0 Å². The predicted molar refractivity (Wildman–Crippen MR) is 58.7 cm³/mol. The number of hydrogen-bond acceptors (Lipinski definition) is 3. The summed E-state index contributed by atoms with van der Waals surface area (Å²) < 4.78 is 0. The molecule has 4 nitrogen and oxygen atoms in total. The molecule has 4 heteroatoms. The fourth-order valence-corrected chi connectivity index (χ4v) is 0.908. The van der Waals surface area contributed by atoms with Crippen molar-refractivity contribution in [3.63, 3.8) is 0 Å². The van der Waals surface area contributed by atoms with E-state index in [2.05, 4.69) is 5.32 Å². The molecule has 0 saturated carbocycles. The normalized spacial score (nSPS) is 13.8. The molecule has 0 bridgehead atoms. The zero-order chi connectivity index (χ0) is 11.2. The number of nitrogens with two attached hydrogens (primary N) is 2. The van der Waals surface area contributed by atoms with E-state index in [-0.39, 0.29) is 17.4 Å². The standard InChI is InChI=1S/C10H23N3O/c1-10(2,3)8(12)7-9(14)13-6-4-5-11/h8H,4-7,11-12H2,1-3H3,(H,13,14). The molecule has 0 aliphatic carbocycles. The summed E-state index contributed by atoms with van der Waals surface area (Å²) in [6, 6.07) is -0.0969. The van der Waals surface area contributed by atoms with E-state index >= 15 is 0 Å². The number of carbonyl (C=O) groups is 1. The Morgan fingerprint density at radius 2 is 2.00 bits per heavy atom. The van der Waals surface area contributed by atoms with Crippen molar-refractivity contribution < 1.29 is 4.79 Å². The second kappa shape index (κ2) is 5.98. The van der Waals surface area contributed by atoms with Gasteiger partial charge in [-0.1, -0.05) is 20.8 Å². The molecule has 1 unspecified atom stereocenters. The van der Waals surface area contributed by atoms with Gasteiger partial charge in [0.05, 0.1) is 0 Å². The van der Waals surface area contributed by atoms with E-state index in [1.54, 1.807) is 0 Å². The zero-order valence-corrected chi connectivity index (χ0v) is 9.47. The van der Waals surface area contributed by atoms with Gasteiger partial charge in [-0.25, -0.2) is 0 Å². The Balaban J connectivity index is 3.72. The Kier molecular flexibility index (Phi) is 5.72. The molecule has 0 heterocycles. The summed E-state index contributed by atoms with van der Waals surface area (Å²) >= 11 is 0. The Morgan fingerprint density at radius 1 is 1.43 bits per heavy atom. The Hall–Kier alpha value is -0.610. The first-order valence-corrected chi connectivity index (χ1v) is 5.10. The van der Waals surface area contributed by atoms with Crippen molar-refractivity contribution in [2.45, 2.75) is 39.7 Å². The monoisotopic (exact) mass is 201 g/mol. The van der Waals surface area contributed by atoms with Crippen molar-refractivity contribution in [1.29, 1.82) is 0 Å². The van der Waals surface area contributed by atoms with Gasteiger partial charge < -0.3 is 16.8 Å². The van der Waals surface area contributed by atoms with Crippen LogP contribution in [0.2, 0.25) is 0 Å². The Bertz CT molecular complexity index is 175. The average Bonchev–Trinajstić information content (AvgIpc) is 2.03. The van der Waals surface area contributed by atoms with Gasteiger partial charge in [0.2, 0.25) is 5.91 Å². The molecule has 0 saturated heterocycles. The zero-order valence-electron chi connectivity index (χ0n) is 9.47. The molecule has 0 radical (unpaired) electrons. The van der Waals surface area contributed by atoms with Crippen LogP contribution in [-0.4, -0.2) is 25.0 Å². The second-order valence-electron chi connectivity index (χ2n) is 4.67. The van der Waals surface area contributed by atoms with Gasteiger partial charge in [-0.05, 0) is 18.4 Å². The molecule has 0 aromatic rings. The van der Waals surface area contributed by atoms with Crippen LogP contribution < -0.4 is 16.8 Å². The van der Waals surface area contributed by atoms with Gasteiger partial charge >= 0.3 is 0 Å². The van der Waals surface area contributed by atoms with Gasteiger partial charge in [0.25, 0.3) is 0 Å². The number of rotatable bonds is 5. The van der Waals surface area contributed by atoms with E-state index in [1.807, 2.05) is 20.8 Å². The Morgan fingerprint density at radius 3 is 2.43 bits per heavy atom. The lowest BCUT2D eigenvalue weighted by atomic mass is 9.85. The molecule has 5 N–H and O–H groups in total. The van der Waals surface area contributed by atoms with Crippen molar-refractivity contribution >= 4 is 5.91 Å². The summed E-state index contributed by atoms with van der Waals surface area (Å²) in [7, 11) is 0. The maximum Gasteiger partial charge on any atom is 0.221 e. The summed E-state index contributed by atoms with van der Waals surface area (Å²) in [6.07, 6.45) is 1.20. The first-order valence-electron chi connectivity index (χ1n) is 5.10. The summed E-state index contributed by atoms with van der Waals surface area (Å²) in [5, 5.41) is 2.79. The average molecular weight is 201 g/mol. The van der Waals surface area contributed by atoms with Gasteiger partial charge in [0.15, 0.2) is 0 Å². The third-order valence-corrected chi connectivity index (χ3v) is 2.22. The van der Waals surface area contributed by atoms with Crippen LogP contribution in [0.3, 0.4) is 0 Å². The molecule has 1 amide bonds. The minimum Gasteiger partial charge on any atom is -0.356 e. The molecule has 0 fully saturated rings. The van der Waals surface area contributed by atoms with Crippen LogP contribution in [0, 0.1) is 5.41 Å². The largest absolute Gasteiger partial charge is 0.356 e. The molecular formula is C10H23N3O. The van der Waals surface area contributed by atoms with Gasteiger partial charge in [-0.15, -0.1) is 0 Å². The highest BCUT2D eigenvalue weighted by atomic mass is 16.1. The minimum absolute atomic E-state index is 0.0147. The van der Waals surface area contributed by atoms with Crippen molar-refractivity contribution in [2.75, 3.05) is 13.1 Å². The van der Waals surface area contributed by atoms with E-state index in [0.717, 1.165) is 6.42 Å². The van der Waals surface area contributed by atoms with Crippen LogP contribution in [0.1, 0.15) is 33.6 Å². The Labute approximate surface area is 86.4 Å². The van der Waals surface area contributed by atoms with Crippen molar-refractivity contribution in [2.24, 2.45) is 16.9 Å². The van der Waals surface area contributed by atoms with Crippen LogP contribution in [-0.2, 0) is 4.79 Å². The SMILES string of the molecule is CC(C)(C)C(N)CC(=O)NCCCN. The maximum atomic E-state index is 11.3. The number of nitrogens with one attached hydrogen (secondary N) is 1. The van der Waals surface area contributed by atoms with Crippen molar-refractivity contribution in [1.82, 2.24) is 5.32 Å². The van der Waals surface area contributed by atoms with E-state index in [4.69, 9.17) is 11.5 Å². The summed E-state index contributed by atoms with van der Waals surface area (Å²) in [4.78, 5) is 11.3. The molecule has 0 rings (SSSR count). The van der Waals surface area contributed by atoms with E-state index in [0.29, 0.717) is 19.5 Å². The highest BCUT2D eigenvalue weighted by molar-refractivity contribution is 5.76. The second-order valence-corrected chi connectivity index (χ2v) is 4.67. The van der Waals surface area contributed by atoms with Crippen LogP contribution in [0.5, 0.6) is 0 Å². The fraction of sp³-hybridized carbons (Fsp3) is 0.900. The quantitative estimate of drug-likeness (QED) is 0.556. The molecule has 1 atom stereocenters. The lowest BCUT2D eigenvalue weighted by molar-refractivity contribution is -0.121. The van der Waals surface area contributed by atoms with Crippen LogP contribution >= 0.6 is 0 Å². The minimum atomic E-state index is -0.0969. The summed E-state index contributed by atoms with van der Waals surface area (Å²) in [5.41, 5.74) is 11.2. The molecule has 14 heavy (non-hydrogen) atoms. The lowest BCUT2D eigenvalue weighted by Gasteiger charge is -2.26. The molecule has 0 aromatic carbocycles. The fourth-order valence-electron chi connectivity index (χ4n) is 0.908. The van der Waals surface area contributed by atoms with E-state index in [1.165, 1.54) is 0 Å². The first-order chi connectivity index (χ1) is 6.38. The van der Waals surface area contributed by atoms with Gasteiger partial charge in [0, 0.05) is 19.0 Å². The molecule has 0 spiro atoms. The topological polar surface area (TPSA) is 81.1 Å². The van der Waals surface area contributed by atoms with Crippen molar-refractivity contribution in [3.8, 4) is 0 Å². The molecule has 84 valence electrons. The third-order valence-electron chi connectivity index (χ3n) is 2.22. The molecule has 0 aromatic heterocycles. The molecular weight excluding hydrogens is 178 g/mol. The highest BCUT2D eigenvalue weighted by Gasteiger charge is 2.22. The first kappa shape index (κ1) is 13.4. The van der Waals surface area contributed by atoms with Crippen LogP contribution in [0.25, 0.3) is 0 Å². The molecule has 0 aliphatic rings. The highest BCUT2D eigenvalue weighted by Crippen LogP contribution is 2.19. The smallest absolute Gasteiger partial charge is 0.221 e. The van der Waals surface area contributed by atoms with Gasteiger partial charge in [-0.2, -0.15) is 0 Å². The maximum absolute atomic E-state index is 11.3.